The molecule has 0 saturated carbocycles. The van der Waals surface area contributed by atoms with Gasteiger partial charge in [-0.05, 0) is 45.1 Å². The highest BCUT2D eigenvalue weighted by Gasteiger charge is 2.12. The molecule has 1 aromatic rings. The van der Waals surface area contributed by atoms with Crippen molar-refractivity contribution in [3.63, 3.8) is 0 Å². The molecule has 2 N–H and O–H groups in total. The maximum Gasteiger partial charge on any atom is 0.253 e. The van der Waals surface area contributed by atoms with Gasteiger partial charge in [-0.25, -0.2) is 0 Å². The molecular formula is C15H23N3O2. The number of carbonyl (C=O) groups excluding carboxylic acids is 2. The number of amides is 2. The molecular weight excluding hydrogens is 254 g/mol. The summed E-state index contributed by atoms with van der Waals surface area (Å²) in [5, 5.41) is 5.86. The SMILES string of the molecule is CCN(C)C(=O)c1cccc(C(=O)NCCCNC)c1. The van der Waals surface area contributed by atoms with Gasteiger partial charge >= 0.3 is 0 Å². The van der Waals surface area contributed by atoms with Crippen LogP contribution in [0.3, 0.4) is 0 Å². The van der Waals surface area contributed by atoms with Gasteiger partial charge in [-0.2, -0.15) is 0 Å². The molecule has 5 heteroatoms. The number of nitrogens with zero attached hydrogens (tertiary/aromatic N) is 1. The smallest absolute Gasteiger partial charge is 0.253 e. The van der Waals surface area contributed by atoms with Crippen LogP contribution in [0.15, 0.2) is 24.3 Å². The van der Waals surface area contributed by atoms with E-state index in [1.807, 2.05) is 14.0 Å². The number of benzene rings is 1. The fraction of sp³-hybridized carbons (Fsp3) is 0.467. The van der Waals surface area contributed by atoms with Crippen LogP contribution in [0.2, 0.25) is 0 Å². The van der Waals surface area contributed by atoms with Crippen molar-refractivity contribution < 1.29 is 9.59 Å². The van der Waals surface area contributed by atoms with Crippen molar-refractivity contribution in [3.05, 3.63) is 35.4 Å². The molecule has 0 spiro atoms. The number of hydrogen-bond donors (Lipinski definition) is 2. The van der Waals surface area contributed by atoms with E-state index < -0.39 is 0 Å². The molecule has 0 radical (unpaired) electrons. The molecule has 1 rings (SSSR count). The molecule has 5 nitrogen and oxygen atoms in total. The van der Waals surface area contributed by atoms with Gasteiger partial charge in [0.15, 0.2) is 0 Å². The Morgan fingerprint density at radius 1 is 1.20 bits per heavy atom. The molecule has 20 heavy (non-hydrogen) atoms. The summed E-state index contributed by atoms with van der Waals surface area (Å²) >= 11 is 0. The van der Waals surface area contributed by atoms with Gasteiger partial charge in [0.25, 0.3) is 11.8 Å². The van der Waals surface area contributed by atoms with Crippen LogP contribution in [0.25, 0.3) is 0 Å². The predicted octanol–water partition coefficient (Wildman–Crippen LogP) is 1.12. The Balaban J connectivity index is 2.67. The van der Waals surface area contributed by atoms with Crippen molar-refractivity contribution in [2.75, 3.05) is 33.7 Å². The predicted molar refractivity (Wildman–Crippen MR) is 80.0 cm³/mol. The Hall–Kier alpha value is -1.88. The third-order valence-electron chi connectivity index (χ3n) is 3.08. The van der Waals surface area contributed by atoms with Gasteiger partial charge in [-0.1, -0.05) is 6.07 Å². The maximum absolute atomic E-state index is 12.0. The number of hydrogen-bond acceptors (Lipinski definition) is 3. The van der Waals surface area contributed by atoms with Crippen LogP contribution in [-0.4, -0.2) is 50.4 Å². The average molecular weight is 277 g/mol. The van der Waals surface area contributed by atoms with Crippen LogP contribution in [0.5, 0.6) is 0 Å². The van der Waals surface area contributed by atoms with Crippen LogP contribution in [-0.2, 0) is 0 Å². The Labute approximate surface area is 120 Å². The summed E-state index contributed by atoms with van der Waals surface area (Å²) in [5.74, 6) is -0.216. The molecule has 0 saturated heterocycles. The second-order valence-corrected chi connectivity index (χ2v) is 4.61. The number of rotatable bonds is 7. The largest absolute Gasteiger partial charge is 0.352 e. The van der Waals surface area contributed by atoms with E-state index in [1.54, 1.807) is 36.2 Å². The van der Waals surface area contributed by atoms with Gasteiger partial charge in [-0.15, -0.1) is 0 Å². The Morgan fingerprint density at radius 3 is 2.55 bits per heavy atom. The fourth-order valence-corrected chi connectivity index (χ4v) is 1.73. The molecule has 0 unspecified atom stereocenters. The van der Waals surface area contributed by atoms with Crippen LogP contribution < -0.4 is 10.6 Å². The van der Waals surface area contributed by atoms with E-state index in [9.17, 15) is 9.59 Å². The highest BCUT2D eigenvalue weighted by molar-refractivity contribution is 5.99. The lowest BCUT2D eigenvalue weighted by molar-refractivity contribution is 0.0802. The zero-order valence-electron chi connectivity index (χ0n) is 12.4. The monoisotopic (exact) mass is 277 g/mol. The normalized spacial score (nSPS) is 10.2. The van der Waals surface area contributed by atoms with Crippen molar-refractivity contribution in [1.82, 2.24) is 15.5 Å². The van der Waals surface area contributed by atoms with E-state index in [0.29, 0.717) is 24.2 Å². The Kier molecular flexibility index (Phi) is 6.73. The quantitative estimate of drug-likeness (QED) is 0.734. The molecule has 0 aliphatic rings. The highest BCUT2D eigenvalue weighted by atomic mass is 16.2. The first-order valence-corrected chi connectivity index (χ1v) is 6.88. The first kappa shape index (κ1) is 16.2. The summed E-state index contributed by atoms with van der Waals surface area (Å²) in [4.78, 5) is 25.6. The van der Waals surface area contributed by atoms with E-state index in [2.05, 4.69) is 10.6 Å². The fourth-order valence-electron chi connectivity index (χ4n) is 1.73. The van der Waals surface area contributed by atoms with Gasteiger partial charge in [-0.3, -0.25) is 9.59 Å². The molecule has 0 fully saturated rings. The Morgan fingerprint density at radius 2 is 1.90 bits per heavy atom. The lowest BCUT2D eigenvalue weighted by Gasteiger charge is -2.14. The summed E-state index contributed by atoms with van der Waals surface area (Å²) in [6.45, 7) is 4.03. The minimum Gasteiger partial charge on any atom is -0.352 e. The summed E-state index contributed by atoms with van der Waals surface area (Å²) in [6.07, 6.45) is 0.874. The van der Waals surface area contributed by atoms with Crippen molar-refractivity contribution >= 4 is 11.8 Å². The van der Waals surface area contributed by atoms with Crippen LogP contribution in [0, 0.1) is 0 Å². The standard InChI is InChI=1S/C15H23N3O2/c1-4-18(3)15(20)13-8-5-7-12(11-13)14(19)17-10-6-9-16-2/h5,7-8,11,16H,4,6,9-10H2,1-3H3,(H,17,19). The molecule has 2 amide bonds. The number of carbonyl (C=O) groups is 2. The van der Waals surface area contributed by atoms with Crippen LogP contribution in [0.4, 0.5) is 0 Å². The van der Waals surface area contributed by atoms with Crippen molar-refractivity contribution in [3.8, 4) is 0 Å². The first-order valence-electron chi connectivity index (χ1n) is 6.88. The molecule has 0 atom stereocenters. The van der Waals surface area contributed by atoms with Crippen molar-refractivity contribution in [1.29, 1.82) is 0 Å². The van der Waals surface area contributed by atoms with Gasteiger partial charge in [0, 0.05) is 31.3 Å². The Bertz CT molecular complexity index is 460. The first-order chi connectivity index (χ1) is 9.60. The van der Waals surface area contributed by atoms with Gasteiger partial charge in [0.2, 0.25) is 0 Å². The lowest BCUT2D eigenvalue weighted by Crippen LogP contribution is -2.28. The minimum absolute atomic E-state index is 0.0719. The summed E-state index contributed by atoms with van der Waals surface area (Å²) in [6, 6.07) is 6.82. The second-order valence-electron chi connectivity index (χ2n) is 4.61. The lowest BCUT2D eigenvalue weighted by atomic mass is 10.1. The van der Waals surface area contributed by atoms with Crippen molar-refractivity contribution in [2.24, 2.45) is 0 Å². The molecule has 0 aliphatic heterocycles. The topological polar surface area (TPSA) is 61.4 Å². The molecule has 0 heterocycles. The summed E-state index contributed by atoms with van der Waals surface area (Å²) in [5.41, 5.74) is 1.06. The molecule has 0 aromatic heterocycles. The highest BCUT2D eigenvalue weighted by Crippen LogP contribution is 2.08. The molecule has 0 bridgehead atoms. The van der Waals surface area contributed by atoms with E-state index in [4.69, 9.17) is 0 Å². The molecule has 110 valence electrons. The number of nitrogens with one attached hydrogen (secondary N) is 2. The maximum atomic E-state index is 12.0. The van der Waals surface area contributed by atoms with Gasteiger partial charge in [0.1, 0.15) is 0 Å². The second kappa shape index (κ2) is 8.32. The zero-order valence-corrected chi connectivity index (χ0v) is 12.4. The van der Waals surface area contributed by atoms with Gasteiger partial charge < -0.3 is 15.5 Å². The van der Waals surface area contributed by atoms with Gasteiger partial charge in [0.05, 0.1) is 0 Å². The van der Waals surface area contributed by atoms with E-state index >= 15 is 0 Å². The van der Waals surface area contributed by atoms with Crippen LogP contribution in [0.1, 0.15) is 34.1 Å². The average Bonchev–Trinajstić information content (AvgIpc) is 2.49. The molecule has 1 aromatic carbocycles. The van der Waals surface area contributed by atoms with Crippen LogP contribution >= 0.6 is 0 Å². The zero-order chi connectivity index (χ0) is 15.0. The van der Waals surface area contributed by atoms with E-state index in [-0.39, 0.29) is 11.8 Å². The third kappa shape index (κ3) is 4.66. The summed E-state index contributed by atoms with van der Waals surface area (Å²) < 4.78 is 0. The molecule has 0 aliphatic carbocycles. The van der Waals surface area contributed by atoms with E-state index in [0.717, 1.165) is 13.0 Å². The van der Waals surface area contributed by atoms with Crippen molar-refractivity contribution in [2.45, 2.75) is 13.3 Å². The minimum atomic E-state index is -0.144. The van der Waals surface area contributed by atoms with E-state index in [1.165, 1.54) is 0 Å². The third-order valence-corrected chi connectivity index (χ3v) is 3.08. The summed E-state index contributed by atoms with van der Waals surface area (Å²) in [7, 11) is 3.62.